The standard InChI is InChI=1S/C15H19ClN4O/c1-3-12-6-5-7-13(8-12)10-20(15(21)9-16)14-11-19(4-2)18-17-14/h5-8,11H,3-4,9-10H2,1-2H3. The molecule has 0 unspecified atom stereocenters. The fraction of sp³-hybridized carbons (Fsp3) is 0.400. The lowest BCUT2D eigenvalue weighted by molar-refractivity contribution is -0.116. The number of amides is 1. The molecule has 0 spiro atoms. The Morgan fingerprint density at radius 1 is 1.33 bits per heavy atom. The van der Waals surface area contributed by atoms with E-state index in [-0.39, 0.29) is 11.8 Å². The van der Waals surface area contributed by atoms with E-state index in [9.17, 15) is 4.79 Å². The van der Waals surface area contributed by atoms with E-state index in [1.807, 2.05) is 19.1 Å². The fourth-order valence-electron chi connectivity index (χ4n) is 2.07. The normalized spacial score (nSPS) is 10.6. The molecule has 0 radical (unpaired) electrons. The van der Waals surface area contributed by atoms with Gasteiger partial charge in [0.1, 0.15) is 5.88 Å². The van der Waals surface area contributed by atoms with Crippen molar-refractivity contribution in [3.8, 4) is 0 Å². The average molecular weight is 307 g/mol. The monoisotopic (exact) mass is 306 g/mol. The first kappa shape index (κ1) is 15.5. The molecule has 0 aliphatic carbocycles. The maximum absolute atomic E-state index is 12.1. The lowest BCUT2D eigenvalue weighted by Crippen LogP contribution is -2.31. The Morgan fingerprint density at radius 2 is 2.10 bits per heavy atom. The summed E-state index contributed by atoms with van der Waals surface area (Å²) in [5.74, 6) is 0.276. The number of hydrogen-bond donors (Lipinski definition) is 0. The summed E-state index contributed by atoms with van der Waals surface area (Å²) in [6.45, 7) is 5.23. The Balaban J connectivity index is 2.25. The third-order valence-electron chi connectivity index (χ3n) is 3.28. The van der Waals surface area contributed by atoms with Gasteiger partial charge in [-0.05, 0) is 24.5 Å². The summed E-state index contributed by atoms with van der Waals surface area (Å²) in [5, 5.41) is 8.03. The van der Waals surface area contributed by atoms with E-state index >= 15 is 0 Å². The zero-order valence-corrected chi connectivity index (χ0v) is 13.0. The van der Waals surface area contributed by atoms with Crippen LogP contribution in [0, 0.1) is 0 Å². The number of benzene rings is 1. The van der Waals surface area contributed by atoms with Gasteiger partial charge >= 0.3 is 0 Å². The second-order valence-electron chi connectivity index (χ2n) is 4.72. The van der Waals surface area contributed by atoms with Crippen molar-refractivity contribution in [2.24, 2.45) is 0 Å². The minimum atomic E-state index is -0.179. The number of carbonyl (C=O) groups is 1. The van der Waals surface area contributed by atoms with Gasteiger partial charge in [0.15, 0.2) is 5.82 Å². The van der Waals surface area contributed by atoms with Crippen LogP contribution in [0.2, 0.25) is 0 Å². The Hall–Kier alpha value is -1.88. The molecule has 0 bridgehead atoms. The minimum absolute atomic E-state index is 0.0769. The van der Waals surface area contributed by atoms with Crippen LogP contribution in [0.15, 0.2) is 30.5 Å². The summed E-state index contributed by atoms with van der Waals surface area (Å²) < 4.78 is 1.69. The zero-order chi connectivity index (χ0) is 15.2. The second-order valence-corrected chi connectivity index (χ2v) is 4.99. The number of anilines is 1. The average Bonchev–Trinajstić information content (AvgIpc) is 3.00. The first-order valence-corrected chi connectivity index (χ1v) is 7.55. The zero-order valence-electron chi connectivity index (χ0n) is 12.3. The summed E-state index contributed by atoms with van der Waals surface area (Å²) in [4.78, 5) is 13.7. The summed E-state index contributed by atoms with van der Waals surface area (Å²) in [6, 6.07) is 8.17. The lowest BCUT2D eigenvalue weighted by Gasteiger charge is -2.19. The number of nitrogens with zero attached hydrogens (tertiary/aromatic N) is 4. The van der Waals surface area contributed by atoms with Crippen LogP contribution in [-0.4, -0.2) is 26.8 Å². The van der Waals surface area contributed by atoms with Gasteiger partial charge in [-0.15, -0.1) is 16.7 Å². The third kappa shape index (κ3) is 3.82. The van der Waals surface area contributed by atoms with Gasteiger partial charge < -0.3 is 0 Å². The summed E-state index contributed by atoms with van der Waals surface area (Å²) in [6.07, 6.45) is 2.72. The number of carbonyl (C=O) groups excluding carboxylic acids is 1. The van der Waals surface area contributed by atoms with E-state index in [4.69, 9.17) is 11.6 Å². The maximum Gasteiger partial charge on any atom is 0.243 e. The fourth-order valence-corrected chi connectivity index (χ4v) is 2.21. The molecule has 0 fully saturated rings. The molecular formula is C15H19ClN4O. The van der Waals surface area contributed by atoms with Crippen LogP contribution in [0.1, 0.15) is 25.0 Å². The molecule has 21 heavy (non-hydrogen) atoms. The van der Waals surface area contributed by atoms with Crippen LogP contribution in [0.5, 0.6) is 0 Å². The molecule has 0 aliphatic heterocycles. The largest absolute Gasteiger partial charge is 0.288 e. The predicted molar refractivity (Wildman–Crippen MR) is 83.4 cm³/mol. The Kier molecular flexibility index (Phi) is 5.33. The molecule has 2 rings (SSSR count). The van der Waals surface area contributed by atoms with Gasteiger partial charge in [0, 0.05) is 6.54 Å². The third-order valence-corrected chi connectivity index (χ3v) is 3.51. The van der Waals surface area contributed by atoms with Gasteiger partial charge in [0.2, 0.25) is 5.91 Å². The first-order chi connectivity index (χ1) is 10.2. The molecular weight excluding hydrogens is 288 g/mol. The second kappa shape index (κ2) is 7.22. The molecule has 5 nitrogen and oxygen atoms in total. The van der Waals surface area contributed by atoms with Crippen molar-refractivity contribution in [1.82, 2.24) is 15.0 Å². The highest BCUT2D eigenvalue weighted by molar-refractivity contribution is 6.29. The van der Waals surface area contributed by atoms with E-state index in [0.29, 0.717) is 18.9 Å². The van der Waals surface area contributed by atoms with E-state index < -0.39 is 0 Å². The van der Waals surface area contributed by atoms with Gasteiger partial charge in [-0.3, -0.25) is 14.4 Å². The molecule has 1 amide bonds. The minimum Gasteiger partial charge on any atom is -0.288 e. The van der Waals surface area contributed by atoms with Crippen molar-refractivity contribution in [1.29, 1.82) is 0 Å². The maximum atomic E-state index is 12.1. The summed E-state index contributed by atoms with van der Waals surface area (Å²) >= 11 is 5.72. The van der Waals surface area contributed by atoms with Gasteiger partial charge in [0.05, 0.1) is 12.7 Å². The predicted octanol–water partition coefficient (Wildman–Crippen LogP) is 2.63. The number of aryl methyl sites for hydroxylation is 2. The van der Waals surface area contributed by atoms with Gasteiger partial charge in [-0.25, -0.2) is 0 Å². The highest BCUT2D eigenvalue weighted by Crippen LogP contribution is 2.16. The van der Waals surface area contributed by atoms with Crippen LogP contribution in [-0.2, 0) is 24.3 Å². The molecule has 0 saturated carbocycles. The summed E-state index contributed by atoms with van der Waals surface area (Å²) in [5.41, 5.74) is 2.29. The Labute approximate surface area is 129 Å². The highest BCUT2D eigenvalue weighted by atomic mass is 35.5. The van der Waals surface area contributed by atoms with Gasteiger partial charge in [-0.1, -0.05) is 36.4 Å². The van der Waals surface area contributed by atoms with Crippen LogP contribution < -0.4 is 4.90 Å². The Morgan fingerprint density at radius 3 is 2.71 bits per heavy atom. The lowest BCUT2D eigenvalue weighted by atomic mass is 10.1. The smallest absolute Gasteiger partial charge is 0.243 e. The summed E-state index contributed by atoms with van der Waals surface area (Å²) in [7, 11) is 0. The molecule has 0 N–H and O–H groups in total. The SMILES string of the molecule is CCc1cccc(CN(C(=O)CCl)c2cn(CC)nn2)c1. The topological polar surface area (TPSA) is 51.0 Å². The van der Waals surface area contributed by atoms with Crippen LogP contribution >= 0.6 is 11.6 Å². The molecule has 1 aromatic carbocycles. The van der Waals surface area contributed by atoms with E-state index in [0.717, 1.165) is 12.0 Å². The molecule has 0 saturated heterocycles. The van der Waals surface area contributed by atoms with Gasteiger partial charge in [-0.2, -0.15) is 0 Å². The van der Waals surface area contributed by atoms with Crippen LogP contribution in [0.25, 0.3) is 0 Å². The van der Waals surface area contributed by atoms with Crippen molar-refractivity contribution >= 4 is 23.3 Å². The van der Waals surface area contributed by atoms with Crippen molar-refractivity contribution < 1.29 is 4.79 Å². The van der Waals surface area contributed by atoms with Crippen molar-refractivity contribution in [2.45, 2.75) is 33.4 Å². The quantitative estimate of drug-likeness (QED) is 0.771. The van der Waals surface area contributed by atoms with E-state index in [1.54, 1.807) is 15.8 Å². The van der Waals surface area contributed by atoms with Crippen molar-refractivity contribution in [2.75, 3.05) is 10.8 Å². The number of rotatable bonds is 6. The van der Waals surface area contributed by atoms with Crippen LogP contribution in [0.3, 0.4) is 0 Å². The molecule has 0 aliphatic rings. The Bertz CT molecular complexity index is 611. The van der Waals surface area contributed by atoms with Crippen LogP contribution in [0.4, 0.5) is 5.82 Å². The highest BCUT2D eigenvalue weighted by Gasteiger charge is 2.18. The molecule has 0 atom stereocenters. The molecule has 6 heteroatoms. The number of hydrogen-bond acceptors (Lipinski definition) is 3. The van der Waals surface area contributed by atoms with E-state index in [1.165, 1.54) is 5.56 Å². The first-order valence-electron chi connectivity index (χ1n) is 7.02. The molecule has 2 aromatic rings. The van der Waals surface area contributed by atoms with Crippen molar-refractivity contribution in [3.63, 3.8) is 0 Å². The molecule has 1 aromatic heterocycles. The molecule has 1 heterocycles. The number of alkyl halides is 1. The number of halogens is 1. The van der Waals surface area contributed by atoms with Crippen molar-refractivity contribution in [3.05, 3.63) is 41.6 Å². The van der Waals surface area contributed by atoms with E-state index in [2.05, 4.69) is 29.4 Å². The van der Waals surface area contributed by atoms with Gasteiger partial charge in [0.25, 0.3) is 0 Å². The number of aromatic nitrogens is 3. The molecule has 112 valence electrons.